The van der Waals surface area contributed by atoms with Gasteiger partial charge in [-0.2, -0.15) is 0 Å². The Hall–Kier alpha value is -1.10. The highest BCUT2D eigenvalue weighted by molar-refractivity contribution is 9.10. The maximum atomic E-state index is 4.63. The molecule has 1 saturated heterocycles. The van der Waals surface area contributed by atoms with E-state index in [9.17, 15) is 0 Å². The molecule has 0 spiro atoms. The van der Waals surface area contributed by atoms with Crippen LogP contribution in [0.25, 0.3) is 5.65 Å². The number of anilines is 1. The normalized spacial score (nSPS) is 24.7. The van der Waals surface area contributed by atoms with Crippen molar-refractivity contribution in [2.45, 2.75) is 20.3 Å². The van der Waals surface area contributed by atoms with Crippen molar-refractivity contribution in [1.82, 2.24) is 14.4 Å². The first-order chi connectivity index (χ1) is 8.63. The van der Waals surface area contributed by atoms with Crippen LogP contribution in [-0.2, 0) is 0 Å². The van der Waals surface area contributed by atoms with E-state index in [2.05, 4.69) is 44.6 Å². The topological polar surface area (TPSA) is 33.4 Å². The number of halogens is 1. The Balaban J connectivity index is 2.05. The van der Waals surface area contributed by atoms with E-state index in [1.807, 2.05) is 23.0 Å². The lowest BCUT2D eigenvalue weighted by atomic mass is 9.92. The van der Waals surface area contributed by atoms with Gasteiger partial charge in [-0.25, -0.2) is 9.97 Å². The first-order valence-electron chi connectivity index (χ1n) is 6.37. The van der Waals surface area contributed by atoms with Crippen LogP contribution in [0.1, 0.15) is 20.3 Å². The highest BCUT2D eigenvalue weighted by Gasteiger charge is 2.24. The Morgan fingerprint density at radius 3 is 2.72 bits per heavy atom. The molecule has 3 rings (SSSR count). The summed E-state index contributed by atoms with van der Waals surface area (Å²) in [6.07, 6.45) is 7.03. The van der Waals surface area contributed by atoms with Crippen molar-refractivity contribution in [3.05, 3.63) is 23.2 Å². The van der Waals surface area contributed by atoms with Gasteiger partial charge in [0.25, 0.3) is 0 Å². The van der Waals surface area contributed by atoms with Crippen LogP contribution in [0.15, 0.2) is 23.2 Å². The Morgan fingerprint density at radius 2 is 2.00 bits per heavy atom. The average Bonchev–Trinajstić information content (AvgIpc) is 2.74. The largest absolute Gasteiger partial charge is 0.353 e. The number of aromatic nitrogens is 3. The van der Waals surface area contributed by atoms with Crippen LogP contribution in [0.2, 0.25) is 0 Å². The van der Waals surface area contributed by atoms with E-state index in [0.717, 1.165) is 29.2 Å². The molecule has 2 unspecified atom stereocenters. The van der Waals surface area contributed by atoms with Crippen molar-refractivity contribution in [2.75, 3.05) is 18.0 Å². The molecule has 0 N–H and O–H groups in total. The van der Waals surface area contributed by atoms with Crippen molar-refractivity contribution < 1.29 is 0 Å². The van der Waals surface area contributed by atoms with Crippen LogP contribution >= 0.6 is 15.9 Å². The lowest BCUT2D eigenvalue weighted by Gasteiger charge is -2.35. The Kier molecular flexibility index (Phi) is 3.01. The second kappa shape index (κ2) is 4.53. The first-order valence-corrected chi connectivity index (χ1v) is 7.17. The molecule has 0 radical (unpaired) electrons. The summed E-state index contributed by atoms with van der Waals surface area (Å²) in [6.45, 7) is 6.75. The second-order valence-corrected chi connectivity index (χ2v) is 6.21. The van der Waals surface area contributed by atoms with Gasteiger partial charge in [0.15, 0.2) is 11.5 Å². The summed E-state index contributed by atoms with van der Waals surface area (Å²) in [5, 5.41) is 0. The van der Waals surface area contributed by atoms with E-state index in [-0.39, 0.29) is 0 Å². The zero-order valence-electron chi connectivity index (χ0n) is 10.7. The summed E-state index contributed by atoms with van der Waals surface area (Å²) in [5.74, 6) is 2.42. The minimum absolute atomic E-state index is 0.713. The number of fused-ring (bicyclic) bond motifs is 1. The molecule has 0 aromatic carbocycles. The van der Waals surface area contributed by atoms with E-state index < -0.39 is 0 Å². The Morgan fingerprint density at radius 1 is 1.28 bits per heavy atom. The van der Waals surface area contributed by atoms with Crippen molar-refractivity contribution in [3.8, 4) is 0 Å². The minimum atomic E-state index is 0.713. The lowest BCUT2D eigenvalue weighted by Crippen LogP contribution is -2.39. The third-order valence-electron chi connectivity index (χ3n) is 3.50. The quantitative estimate of drug-likeness (QED) is 0.812. The van der Waals surface area contributed by atoms with Gasteiger partial charge in [0.2, 0.25) is 0 Å². The molecule has 96 valence electrons. The van der Waals surface area contributed by atoms with Gasteiger partial charge >= 0.3 is 0 Å². The van der Waals surface area contributed by atoms with Crippen LogP contribution in [0.4, 0.5) is 5.82 Å². The van der Waals surface area contributed by atoms with Gasteiger partial charge in [-0.1, -0.05) is 13.8 Å². The molecule has 0 amide bonds. The predicted octanol–water partition coefficient (Wildman–Crippen LogP) is 2.97. The number of imidazole rings is 1. The fourth-order valence-corrected chi connectivity index (χ4v) is 3.32. The zero-order valence-corrected chi connectivity index (χ0v) is 12.3. The van der Waals surface area contributed by atoms with Crippen LogP contribution in [-0.4, -0.2) is 27.5 Å². The van der Waals surface area contributed by atoms with Crippen molar-refractivity contribution >= 4 is 27.4 Å². The van der Waals surface area contributed by atoms with Crippen LogP contribution < -0.4 is 4.90 Å². The second-order valence-electron chi connectivity index (χ2n) is 5.40. The van der Waals surface area contributed by atoms with Gasteiger partial charge in [0, 0.05) is 31.7 Å². The minimum Gasteiger partial charge on any atom is -0.353 e. The third kappa shape index (κ3) is 2.11. The van der Waals surface area contributed by atoms with Gasteiger partial charge in [0.1, 0.15) is 4.60 Å². The molecule has 2 atom stereocenters. The van der Waals surface area contributed by atoms with E-state index in [0.29, 0.717) is 11.8 Å². The maximum absolute atomic E-state index is 4.63. The molecule has 5 heteroatoms. The Bertz CT molecular complexity index is 555. The van der Waals surface area contributed by atoms with E-state index in [4.69, 9.17) is 0 Å². The first kappa shape index (κ1) is 12.0. The number of hydrogen-bond acceptors (Lipinski definition) is 3. The monoisotopic (exact) mass is 308 g/mol. The summed E-state index contributed by atoms with van der Waals surface area (Å²) in [7, 11) is 0. The van der Waals surface area contributed by atoms with Crippen molar-refractivity contribution in [1.29, 1.82) is 0 Å². The maximum Gasteiger partial charge on any atom is 0.180 e. The molecule has 18 heavy (non-hydrogen) atoms. The van der Waals surface area contributed by atoms with E-state index >= 15 is 0 Å². The van der Waals surface area contributed by atoms with Crippen LogP contribution in [0.5, 0.6) is 0 Å². The summed E-state index contributed by atoms with van der Waals surface area (Å²) < 4.78 is 2.88. The molecular formula is C13H17BrN4. The zero-order chi connectivity index (χ0) is 12.7. The van der Waals surface area contributed by atoms with Crippen molar-refractivity contribution in [3.63, 3.8) is 0 Å². The predicted molar refractivity (Wildman–Crippen MR) is 75.8 cm³/mol. The Labute approximate surface area is 115 Å². The van der Waals surface area contributed by atoms with Crippen LogP contribution in [0.3, 0.4) is 0 Å². The van der Waals surface area contributed by atoms with Gasteiger partial charge in [-0.15, -0.1) is 0 Å². The molecule has 1 fully saturated rings. The highest BCUT2D eigenvalue weighted by Crippen LogP contribution is 2.28. The fourth-order valence-electron chi connectivity index (χ4n) is 2.93. The third-order valence-corrected chi connectivity index (χ3v) is 3.88. The van der Waals surface area contributed by atoms with E-state index in [1.54, 1.807) is 0 Å². The standard InChI is InChI=1S/C13H17BrN4/c1-9-5-10(2)7-18(6-9)13-12-15-3-4-17(12)8-11(14)16-13/h3-4,8-10H,5-7H2,1-2H3. The number of nitrogens with zero attached hydrogens (tertiary/aromatic N) is 4. The number of rotatable bonds is 1. The summed E-state index contributed by atoms with van der Waals surface area (Å²) in [5.41, 5.74) is 0.944. The summed E-state index contributed by atoms with van der Waals surface area (Å²) in [4.78, 5) is 11.4. The lowest BCUT2D eigenvalue weighted by molar-refractivity contribution is 0.355. The van der Waals surface area contributed by atoms with Gasteiger partial charge in [0.05, 0.1) is 0 Å². The molecule has 3 heterocycles. The molecular weight excluding hydrogens is 292 g/mol. The summed E-state index contributed by atoms with van der Waals surface area (Å²) >= 11 is 3.48. The molecule has 0 saturated carbocycles. The highest BCUT2D eigenvalue weighted by atomic mass is 79.9. The molecule has 0 aliphatic carbocycles. The summed E-state index contributed by atoms with van der Waals surface area (Å²) in [6, 6.07) is 0. The molecule has 2 aromatic heterocycles. The van der Waals surface area contributed by atoms with E-state index in [1.165, 1.54) is 6.42 Å². The molecule has 0 bridgehead atoms. The molecule has 1 aliphatic rings. The fraction of sp³-hybridized carbons (Fsp3) is 0.538. The van der Waals surface area contributed by atoms with Crippen LogP contribution in [0, 0.1) is 11.8 Å². The number of piperidine rings is 1. The molecule has 4 nitrogen and oxygen atoms in total. The SMILES string of the molecule is CC1CC(C)CN(c2nc(Br)cn3ccnc23)C1. The van der Waals surface area contributed by atoms with Gasteiger partial charge in [-0.05, 0) is 34.2 Å². The van der Waals surface area contributed by atoms with Crippen molar-refractivity contribution in [2.24, 2.45) is 11.8 Å². The average molecular weight is 309 g/mol. The van der Waals surface area contributed by atoms with Gasteiger partial charge in [-0.3, -0.25) is 0 Å². The molecule has 2 aromatic rings. The number of hydrogen-bond donors (Lipinski definition) is 0. The van der Waals surface area contributed by atoms with Gasteiger partial charge < -0.3 is 9.30 Å². The smallest absolute Gasteiger partial charge is 0.180 e. The molecule has 1 aliphatic heterocycles.